The van der Waals surface area contributed by atoms with Crippen molar-refractivity contribution < 1.29 is 4.79 Å². The Balaban J connectivity index is 1.52. The van der Waals surface area contributed by atoms with Gasteiger partial charge in [0.25, 0.3) is 11.5 Å². The van der Waals surface area contributed by atoms with Crippen LogP contribution in [0.4, 0.5) is 5.69 Å². The number of rotatable bonds is 5. The van der Waals surface area contributed by atoms with Crippen molar-refractivity contribution in [2.75, 3.05) is 25.5 Å². The first-order valence-corrected chi connectivity index (χ1v) is 9.16. The topological polar surface area (TPSA) is 78.1 Å². The predicted molar refractivity (Wildman–Crippen MR) is 102 cm³/mol. The first-order valence-electron chi connectivity index (χ1n) is 9.16. The number of nitrogens with zero attached hydrogens (tertiary/aromatic N) is 2. The van der Waals surface area contributed by atoms with Gasteiger partial charge < -0.3 is 10.2 Å². The number of anilines is 1. The maximum atomic E-state index is 12.1. The number of H-pyrrole nitrogens is 1. The highest BCUT2D eigenvalue weighted by molar-refractivity contribution is 6.02. The first-order chi connectivity index (χ1) is 12.5. The third-order valence-electron chi connectivity index (χ3n) is 5.21. The molecule has 26 heavy (non-hydrogen) atoms. The molecule has 2 aromatic rings. The van der Waals surface area contributed by atoms with E-state index in [4.69, 9.17) is 0 Å². The van der Waals surface area contributed by atoms with Gasteiger partial charge in [-0.2, -0.15) is 5.10 Å². The van der Waals surface area contributed by atoms with Gasteiger partial charge in [0, 0.05) is 18.3 Å². The number of piperidine rings is 1. The maximum Gasteiger partial charge on any atom is 0.276 e. The number of carbonyl (C=O) groups excluding carboxylic acids is 1. The average Bonchev–Trinajstić information content (AvgIpc) is 2.63. The molecule has 2 atom stereocenters. The van der Waals surface area contributed by atoms with Gasteiger partial charge in [0.05, 0.1) is 0 Å². The Bertz CT molecular complexity index is 780. The number of nitrogens with one attached hydrogen (secondary N) is 2. The molecule has 0 spiro atoms. The van der Waals surface area contributed by atoms with E-state index in [-0.39, 0.29) is 17.2 Å². The standard InChI is InChI=1S/C20H26N4O2/c1-14-13-24(2)12-11-16(14)6-3-15-4-7-17(8-5-15)21-20(26)18-9-10-19(25)23-22-18/h4-5,7-10,14,16H,3,6,11-13H2,1-2H3,(H,21,26)(H,23,25)/t14-,16+/m1/s1. The van der Waals surface area contributed by atoms with Crippen molar-refractivity contribution in [1.82, 2.24) is 15.1 Å². The van der Waals surface area contributed by atoms with Gasteiger partial charge in [-0.1, -0.05) is 19.1 Å². The fourth-order valence-corrected chi connectivity index (χ4v) is 3.60. The molecule has 1 aliphatic rings. The molecule has 6 heteroatoms. The van der Waals surface area contributed by atoms with Gasteiger partial charge in [-0.3, -0.25) is 9.59 Å². The number of likely N-dealkylation sites (tertiary alicyclic amines) is 1. The molecule has 0 unspecified atom stereocenters. The van der Waals surface area contributed by atoms with E-state index >= 15 is 0 Å². The van der Waals surface area contributed by atoms with Crippen LogP contribution in [0, 0.1) is 11.8 Å². The molecule has 2 N–H and O–H groups in total. The van der Waals surface area contributed by atoms with Gasteiger partial charge in [0.15, 0.2) is 0 Å². The summed E-state index contributed by atoms with van der Waals surface area (Å²) in [6.07, 6.45) is 3.55. The van der Waals surface area contributed by atoms with Crippen LogP contribution < -0.4 is 10.9 Å². The van der Waals surface area contributed by atoms with Crippen molar-refractivity contribution in [1.29, 1.82) is 0 Å². The molecular weight excluding hydrogens is 328 g/mol. The Kier molecular flexibility index (Phi) is 5.83. The third kappa shape index (κ3) is 4.79. The molecule has 0 aliphatic carbocycles. The quantitative estimate of drug-likeness (QED) is 0.865. The summed E-state index contributed by atoms with van der Waals surface area (Å²) in [5.41, 5.74) is 1.87. The molecule has 1 saturated heterocycles. The van der Waals surface area contributed by atoms with Gasteiger partial charge in [-0.05, 0) is 68.5 Å². The minimum atomic E-state index is -0.339. The van der Waals surface area contributed by atoms with Gasteiger partial charge in [-0.15, -0.1) is 0 Å². The minimum absolute atomic E-state index is 0.185. The lowest BCUT2D eigenvalue weighted by atomic mass is 9.83. The van der Waals surface area contributed by atoms with Crippen molar-refractivity contribution in [2.24, 2.45) is 11.8 Å². The second-order valence-corrected chi connectivity index (χ2v) is 7.28. The smallest absolute Gasteiger partial charge is 0.276 e. The van der Waals surface area contributed by atoms with Crippen molar-refractivity contribution in [3.63, 3.8) is 0 Å². The molecule has 0 bridgehead atoms. The summed E-state index contributed by atoms with van der Waals surface area (Å²) in [7, 11) is 2.20. The van der Waals surface area contributed by atoms with Crippen LogP contribution in [-0.2, 0) is 6.42 Å². The van der Waals surface area contributed by atoms with E-state index in [1.807, 2.05) is 12.1 Å². The van der Waals surface area contributed by atoms with E-state index in [0.717, 1.165) is 23.9 Å². The summed E-state index contributed by atoms with van der Waals surface area (Å²) < 4.78 is 0. The lowest BCUT2D eigenvalue weighted by Gasteiger charge is -2.34. The minimum Gasteiger partial charge on any atom is -0.321 e. The zero-order chi connectivity index (χ0) is 18.5. The van der Waals surface area contributed by atoms with Gasteiger partial charge in [-0.25, -0.2) is 5.10 Å². The highest BCUT2D eigenvalue weighted by Crippen LogP contribution is 2.27. The van der Waals surface area contributed by atoms with Crippen molar-refractivity contribution in [3.8, 4) is 0 Å². The van der Waals surface area contributed by atoms with Crippen LogP contribution in [0.3, 0.4) is 0 Å². The summed E-state index contributed by atoms with van der Waals surface area (Å²) in [5, 5.41) is 8.79. The van der Waals surface area contributed by atoms with E-state index in [0.29, 0.717) is 0 Å². The molecule has 1 aliphatic heterocycles. The number of benzene rings is 1. The van der Waals surface area contributed by atoms with Crippen LogP contribution >= 0.6 is 0 Å². The fraction of sp³-hybridized carbons (Fsp3) is 0.450. The summed E-state index contributed by atoms with van der Waals surface area (Å²) in [5.74, 6) is 1.20. The van der Waals surface area contributed by atoms with Crippen LogP contribution in [0.5, 0.6) is 0 Å². The van der Waals surface area contributed by atoms with Crippen LogP contribution in [0.1, 0.15) is 35.8 Å². The van der Waals surface area contributed by atoms with Gasteiger partial charge in [0.2, 0.25) is 0 Å². The van der Waals surface area contributed by atoms with E-state index in [1.165, 1.54) is 43.6 Å². The van der Waals surface area contributed by atoms with Crippen molar-refractivity contribution >= 4 is 11.6 Å². The number of aromatic nitrogens is 2. The number of hydrogen-bond acceptors (Lipinski definition) is 4. The zero-order valence-corrected chi connectivity index (χ0v) is 15.4. The molecule has 6 nitrogen and oxygen atoms in total. The number of carbonyl (C=O) groups is 1. The van der Waals surface area contributed by atoms with Crippen LogP contribution in [0.15, 0.2) is 41.2 Å². The number of aryl methyl sites for hydroxylation is 1. The highest BCUT2D eigenvalue weighted by atomic mass is 16.2. The molecule has 1 fully saturated rings. The molecule has 0 saturated carbocycles. The Labute approximate surface area is 153 Å². The number of amides is 1. The monoisotopic (exact) mass is 354 g/mol. The highest BCUT2D eigenvalue weighted by Gasteiger charge is 2.23. The predicted octanol–water partition coefficient (Wildman–Crippen LogP) is 2.54. The Morgan fingerprint density at radius 3 is 2.69 bits per heavy atom. The first kappa shape index (κ1) is 18.3. The van der Waals surface area contributed by atoms with Crippen LogP contribution in [0.2, 0.25) is 0 Å². The lowest BCUT2D eigenvalue weighted by Crippen LogP contribution is -2.36. The average molecular weight is 354 g/mol. The maximum absolute atomic E-state index is 12.1. The van der Waals surface area contributed by atoms with Crippen molar-refractivity contribution in [3.05, 3.63) is 58.0 Å². The molecule has 1 aromatic carbocycles. The van der Waals surface area contributed by atoms with E-state index in [2.05, 4.69) is 46.5 Å². The Morgan fingerprint density at radius 1 is 1.27 bits per heavy atom. The Morgan fingerprint density at radius 2 is 2.04 bits per heavy atom. The summed E-state index contributed by atoms with van der Waals surface area (Å²) >= 11 is 0. The SMILES string of the molecule is C[C@@H]1CN(C)CC[C@@H]1CCc1ccc(NC(=O)c2ccc(=O)[nH]n2)cc1. The largest absolute Gasteiger partial charge is 0.321 e. The van der Waals surface area contributed by atoms with E-state index in [1.54, 1.807) is 0 Å². The van der Waals surface area contributed by atoms with Gasteiger partial charge in [0.1, 0.15) is 5.69 Å². The van der Waals surface area contributed by atoms with Crippen molar-refractivity contribution in [2.45, 2.75) is 26.2 Å². The Hall–Kier alpha value is -2.47. The fourth-order valence-electron chi connectivity index (χ4n) is 3.60. The molecule has 3 rings (SSSR count). The summed E-state index contributed by atoms with van der Waals surface area (Å²) in [4.78, 5) is 25.5. The summed E-state index contributed by atoms with van der Waals surface area (Å²) in [6.45, 7) is 4.73. The molecule has 138 valence electrons. The molecular formula is C20H26N4O2. The van der Waals surface area contributed by atoms with Crippen LogP contribution in [0.25, 0.3) is 0 Å². The molecule has 2 heterocycles. The van der Waals surface area contributed by atoms with Gasteiger partial charge >= 0.3 is 0 Å². The lowest BCUT2D eigenvalue weighted by molar-refractivity contribution is 0.102. The third-order valence-corrected chi connectivity index (χ3v) is 5.21. The second kappa shape index (κ2) is 8.27. The van der Waals surface area contributed by atoms with Crippen LogP contribution in [-0.4, -0.2) is 41.1 Å². The molecule has 1 aromatic heterocycles. The number of hydrogen-bond donors (Lipinski definition) is 2. The molecule has 0 radical (unpaired) electrons. The second-order valence-electron chi connectivity index (χ2n) is 7.28. The molecule has 1 amide bonds. The number of aromatic amines is 1. The normalized spacial score (nSPS) is 20.7. The van der Waals surface area contributed by atoms with E-state index < -0.39 is 0 Å². The summed E-state index contributed by atoms with van der Waals surface area (Å²) in [6, 6.07) is 10.7. The zero-order valence-electron chi connectivity index (χ0n) is 15.4. The van der Waals surface area contributed by atoms with E-state index in [9.17, 15) is 9.59 Å².